The Hall–Kier alpha value is -1.06. The maximum Gasteiger partial charge on any atom is 0.188 e. The smallest absolute Gasteiger partial charge is 0.188 e. The van der Waals surface area contributed by atoms with Crippen molar-refractivity contribution in [1.29, 1.82) is 0 Å². The van der Waals surface area contributed by atoms with E-state index in [4.69, 9.17) is 15.2 Å². The van der Waals surface area contributed by atoms with Gasteiger partial charge in [0.1, 0.15) is 5.75 Å². The molecule has 0 amide bonds. The van der Waals surface area contributed by atoms with E-state index in [-0.39, 0.29) is 24.0 Å². The van der Waals surface area contributed by atoms with E-state index in [9.17, 15) is 0 Å². The molecule has 1 atom stereocenters. The van der Waals surface area contributed by atoms with Crippen LogP contribution in [-0.4, -0.2) is 56.8 Å². The molecule has 0 spiro atoms. The molecule has 0 radical (unpaired) electrons. The van der Waals surface area contributed by atoms with Gasteiger partial charge in [0.2, 0.25) is 0 Å². The monoisotopic (exact) mass is 462 g/mol. The highest BCUT2D eigenvalue weighted by Gasteiger charge is 2.22. The number of aliphatic imine (C=N–C) groups is 1. The third kappa shape index (κ3) is 7.79. The first-order valence-corrected chi connectivity index (χ1v) is 8.71. The van der Waals surface area contributed by atoms with E-state index in [1.54, 1.807) is 7.11 Å². The first kappa shape index (κ1) is 22.0. The van der Waals surface area contributed by atoms with Crippen LogP contribution >= 0.6 is 24.0 Å². The highest BCUT2D eigenvalue weighted by Crippen LogP contribution is 2.16. The molecule has 1 aliphatic rings. The lowest BCUT2D eigenvalue weighted by molar-refractivity contribution is 0.125. The zero-order valence-corrected chi connectivity index (χ0v) is 17.6. The number of halogens is 1. The number of rotatable bonds is 9. The molecule has 2 rings (SSSR count). The maximum atomic E-state index is 5.91. The Morgan fingerprint density at radius 1 is 1.36 bits per heavy atom. The van der Waals surface area contributed by atoms with Crippen molar-refractivity contribution in [2.24, 2.45) is 10.7 Å². The second-order valence-electron chi connectivity index (χ2n) is 5.98. The van der Waals surface area contributed by atoms with Gasteiger partial charge in [-0.15, -0.1) is 24.0 Å². The molecule has 1 aromatic rings. The number of guanidine groups is 1. The Kier molecular flexibility index (Phi) is 10.8. The highest BCUT2D eigenvalue weighted by atomic mass is 127. The van der Waals surface area contributed by atoms with E-state index in [0.717, 1.165) is 24.4 Å². The second-order valence-corrected chi connectivity index (χ2v) is 5.98. The van der Waals surface area contributed by atoms with E-state index in [0.29, 0.717) is 31.8 Å². The van der Waals surface area contributed by atoms with Crippen LogP contribution in [0.3, 0.4) is 0 Å². The summed E-state index contributed by atoms with van der Waals surface area (Å²) in [6.45, 7) is 7.08. The third-order valence-corrected chi connectivity index (χ3v) is 4.36. The zero-order valence-electron chi connectivity index (χ0n) is 15.2. The van der Waals surface area contributed by atoms with Gasteiger partial charge in [0.05, 0.1) is 26.9 Å². The lowest BCUT2D eigenvalue weighted by atomic mass is 10.2. The van der Waals surface area contributed by atoms with Gasteiger partial charge in [0.25, 0.3) is 0 Å². The number of nitrogens with one attached hydrogen (secondary N) is 1. The molecule has 1 saturated heterocycles. The van der Waals surface area contributed by atoms with Crippen LogP contribution < -0.4 is 15.8 Å². The van der Waals surface area contributed by atoms with E-state index in [1.165, 1.54) is 19.4 Å². The van der Waals surface area contributed by atoms with Crippen LogP contribution in [0.4, 0.5) is 0 Å². The molecule has 1 aliphatic heterocycles. The Morgan fingerprint density at radius 3 is 2.80 bits per heavy atom. The Bertz CT molecular complexity index is 510. The highest BCUT2D eigenvalue weighted by molar-refractivity contribution is 14.0. The number of hydrogen-bond donors (Lipinski definition) is 2. The van der Waals surface area contributed by atoms with Gasteiger partial charge in [-0.05, 0) is 43.6 Å². The number of nitrogens with two attached hydrogens (primary N) is 1. The summed E-state index contributed by atoms with van der Waals surface area (Å²) in [6.07, 6.45) is 2.48. The van der Waals surface area contributed by atoms with Crippen molar-refractivity contribution in [2.45, 2.75) is 32.4 Å². The van der Waals surface area contributed by atoms with Crippen molar-refractivity contribution >= 4 is 29.9 Å². The zero-order chi connectivity index (χ0) is 17.2. The maximum absolute atomic E-state index is 5.91. The van der Waals surface area contributed by atoms with Crippen molar-refractivity contribution in [1.82, 2.24) is 10.2 Å². The van der Waals surface area contributed by atoms with Crippen LogP contribution in [0, 0.1) is 0 Å². The first-order chi connectivity index (χ1) is 11.7. The van der Waals surface area contributed by atoms with Crippen LogP contribution in [-0.2, 0) is 11.3 Å². The van der Waals surface area contributed by atoms with E-state index in [1.807, 2.05) is 24.3 Å². The Balaban J connectivity index is 0.00000312. The summed E-state index contributed by atoms with van der Waals surface area (Å²) >= 11 is 0. The normalized spacial score (nSPS) is 18.0. The molecule has 0 aliphatic carbocycles. The average Bonchev–Trinajstić information content (AvgIpc) is 3.07. The lowest BCUT2D eigenvalue weighted by Gasteiger charge is -2.20. The number of ether oxygens (including phenoxy) is 2. The van der Waals surface area contributed by atoms with Crippen molar-refractivity contribution < 1.29 is 9.47 Å². The molecule has 0 aromatic heterocycles. The van der Waals surface area contributed by atoms with Crippen molar-refractivity contribution in [3.63, 3.8) is 0 Å². The van der Waals surface area contributed by atoms with Crippen molar-refractivity contribution in [2.75, 3.05) is 39.9 Å². The van der Waals surface area contributed by atoms with Gasteiger partial charge in [0, 0.05) is 12.6 Å². The van der Waals surface area contributed by atoms with Gasteiger partial charge in [-0.2, -0.15) is 0 Å². The van der Waals surface area contributed by atoms with Crippen molar-refractivity contribution in [3.05, 3.63) is 29.8 Å². The largest absolute Gasteiger partial charge is 0.497 e. The van der Waals surface area contributed by atoms with Crippen LogP contribution in [0.25, 0.3) is 0 Å². The standard InChI is InChI=1S/C18H30N4O2.HI/c1-3-22-11-4-5-16(22)13-21-18(19)20-10-12-24-14-15-6-8-17(23-2)9-7-15;/h6-9,16H,3-5,10-14H2,1-2H3,(H3,19,20,21);1H. The van der Waals surface area contributed by atoms with Crippen LogP contribution in [0.2, 0.25) is 0 Å². The summed E-state index contributed by atoms with van der Waals surface area (Å²) in [5.41, 5.74) is 7.04. The van der Waals surface area contributed by atoms with Crippen LogP contribution in [0.15, 0.2) is 29.3 Å². The fraction of sp³-hybridized carbons (Fsp3) is 0.611. The average molecular weight is 462 g/mol. The SMILES string of the molecule is CCN1CCCC1CN=C(N)NCCOCc1ccc(OC)cc1.I. The number of likely N-dealkylation sites (tertiary alicyclic amines) is 1. The first-order valence-electron chi connectivity index (χ1n) is 8.71. The summed E-state index contributed by atoms with van der Waals surface area (Å²) in [6, 6.07) is 8.42. The Morgan fingerprint density at radius 2 is 2.12 bits per heavy atom. The molecule has 1 heterocycles. The summed E-state index contributed by atoms with van der Waals surface area (Å²) in [5.74, 6) is 1.36. The molecule has 25 heavy (non-hydrogen) atoms. The fourth-order valence-corrected chi connectivity index (χ4v) is 2.94. The molecule has 142 valence electrons. The third-order valence-electron chi connectivity index (χ3n) is 4.36. The number of nitrogens with zero attached hydrogens (tertiary/aromatic N) is 2. The molecule has 7 heteroatoms. The second kappa shape index (κ2) is 12.3. The molecule has 1 fully saturated rings. The molecule has 0 bridgehead atoms. The van der Waals surface area contributed by atoms with E-state index in [2.05, 4.69) is 22.1 Å². The molecule has 6 nitrogen and oxygen atoms in total. The molecule has 1 unspecified atom stereocenters. The predicted octanol–water partition coefficient (Wildman–Crippen LogP) is 2.22. The van der Waals surface area contributed by atoms with Crippen molar-refractivity contribution in [3.8, 4) is 5.75 Å². The summed E-state index contributed by atoms with van der Waals surface area (Å²) in [4.78, 5) is 6.92. The van der Waals surface area contributed by atoms with Gasteiger partial charge in [0.15, 0.2) is 5.96 Å². The molecular weight excluding hydrogens is 431 g/mol. The predicted molar refractivity (Wildman–Crippen MR) is 113 cm³/mol. The quantitative estimate of drug-likeness (QED) is 0.255. The van der Waals surface area contributed by atoms with Gasteiger partial charge in [-0.25, -0.2) is 0 Å². The summed E-state index contributed by atoms with van der Waals surface area (Å²) in [7, 11) is 1.66. The number of hydrogen-bond acceptors (Lipinski definition) is 4. The minimum Gasteiger partial charge on any atom is -0.497 e. The van der Waals surface area contributed by atoms with E-state index >= 15 is 0 Å². The molecular formula is C18H31IN4O2. The minimum absolute atomic E-state index is 0. The minimum atomic E-state index is 0. The molecule has 3 N–H and O–H groups in total. The number of benzene rings is 1. The lowest BCUT2D eigenvalue weighted by Crippen LogP contribution is -2.37. The van der Waals surface area contributed by atoms with E-state index < -0.39 is 0 Å². The topological polar surface area (TPSA) is 72.1 Å². The number of methoxy groups -OCH3 is 1. The van der Waals surface area contributed by atoms with Gasteiger partial charge < -0.3 is 20.5 Å². The fourth-order valence-electron chi connectivity index (χ4n) is 2.94. The van der Waals surface area contributed by atoms with Crippen LogP contribution in [0.1, 0.15) is 25.3 Å². The summed E-state index contributed by atoms with van der Waals surface area (Å²) in [5, 5.41) is 3.11. The van der Waals surface area contributed by atoms with Gasteiger partial charge in [-0.1, -0.05) is 19.1 Å². The molecule has 0 saturated carbocycles. The molecule has 1 aromatic carbocycles. The Labute approximate surface area is 168 Å². The van der Waals surface area contributed by atoms with Gasteiger partial charge >= 0.3 is 0 Å². The van der Waals surface area contributed by atoms with Crippen LogP contribution in [0.5, 0.6) is 5.75 Å². The van der Waals surface area contributed by atoms with Gasteiger partial charge in [-0.3, -0.25) is 9.89 Å². The number of likely N-dealkylation sites (N-methyl/N-ethyl adjacent to an activating group) is 1. The summed E-state index contributed by atoms with van der Waals surface area (Å²) < 4.78 is 10.8.